The largest absolute Gasteiger partial charge is 0.369 e. The molecule has 0 unspecified atom stereocenters. The lowest BCUT2D eigenvalue weighted by atomic mass is 10.1. The first kappa shape index (κ1) is 14.5. The molecule has 0 saturated heterocycles. The summed E-state index contributed by atoms with van der Waals surface area (Å²) in [5.74, 6) is 0.855. The van der Waals surface area contributed by atoms with Crippen LogP contribution in [0.2, 0.25) is 0 Å². The number of hydrogen-bond donors (Lipinski definition) is 1. The molecule has 0 spiro atoms. The highest BCUT2D eigenvalue weighted by molar-refractivity contribution is 5.87. The lowest BCUT2D eigenvalue weighted by molar-refractivity contribution is 0.831. The Morgan fingerprint density at radius 1 is 1.14 bits per heavy atom. The fraction of sp³-hybridized carbons (Fsp3) is 0.353. The number of aromatic nitrogens is 4. The van der Waals surface area contributed by atoms with Gasteiger partial charge in [-0.15, -0.1) is 0 Å². The second-order valence-electron chi connectivity index (χ2n) is 5.56. The first-order valence-corrected chi connectivity index (χ1v) is 7.71. The van der Waals surface area contributed by atoms with E-state index < -0.39 is 0 Å². The van der Waals surface area contributed by atoms with Crippen LogP contribution in [-0.2, 0) is 0 Å². The van der Waals surface area contributed by atoms with Gasteiger partial charge in [-0.05, 0) is 43.5 Å². The summed E-state index contributed by atoms with van der Waals surface area (Å²) in [6, 6.07) is 6.31. The molecule has 114 valence electrons. The maximum atomic E-state index is 4.50. The Bertz CT molecular complexity index is 791. The predicted molar refractivity (Wildman–Crippen MR) is 89.5 cm³/mol. The number of hydrogen-bond acceptors (Lipinski definition) is 4. The van der Waals surface area contributed by atoms with Crippen molar-refractivity contribution in [3.63, 3.8) is 0 Å². The Balaban J connectivity index is 2.01. The Labute approximate surface area is 130 Å². The third-order valence-electron chi connectivity index (χ3n) is 3.92. The van der Waals surface area contributed by atoms with Gasteiger partial charge in [0.15, 0.2) is 5.65 Å². The minimum atomic E-state index is 0.831. The van der Waals surface area contributed by atoms with Gasteiger partial charge in [-0.25, -0.2) is 14.6 Å². The predicted octanol–water partition coefficient (Wildman–Crippen LogP) is 3.64. The van der Waals surface area contributed by atoms with Crippen LogP contribution in [0, 0.1) is 13.8 Å². The SMILES string of the molecule is CCCCNc1ncnc2c1cnn2-c1ccc(C)c(C)c1. The molecule has 0 fully saturated rings. The van der Waals surface area contributed by atoms with E-state index in [4.69, 9.17) is 0 Å². The van der Waals surface area contributed by atoms with Crippen molar-refractivity contribution >= 4 is 16.9 Å². The van der Waals surface area contributed by atoms with Gasteiger partial charge in [0, 0.05) is 6.54 Å². The van der Waals surface area contributed by atoms with Crippen LogP contribution in [0.1, 0.15) is 30.9 Å². The Morgan fingerprint density at radius 3 is 2.77 bits per heavy atom. The molecule has 5 nitrogen and oxygen atoms in total. The molecule has 0 bridgehead atoms. The standard InChI is InChI=1S/C17H21N5/c1-4-5-8-18-16-15-10-21-22(17(15)20-11-19-16)14-7-6-12(2)13(3)9-14/h6-7,9-11H,4-5,8H2,1-3H3,(H,18,19,20). The molecular formula is C17H21N5. The molecule has 0 aliphatic rings. The zero-order valence-corrected chi connectivity index (χ0v) is 13.3. The van der Waals surface area contributed by atoms with Crippen molar-refractivity contribution in [1.82, 2.24) is 19.7 Å². The van der Waals surface area contributed by atoms with Crippen molar-refractivity contribution in [2.75, 3.05) is 11.9 Å². The number of fused-ring (bicyclic) bond motifs is 1. The third kappa shape index (κ3) is 2.66. The van der Waals surface area contributed by atoms with Crippen LogP contribution in [-0.4, -0.2) is 26.3 Å². The van der Waals surface area contributed by atoms with Crippen molar-refractivity contribution in [2.24, 2.45) is 0 Å². The Kier molecular flexibility index (Phi) is 4.04. The Morgan fingerprint density at radius 2 is 2.00 bits per heavy atom. The summed E-state index contributed by atoms with van der Waals surface area (Å²) in [4.78, 5) is 8.75. The summed E-state index contributed by atoms with van der Waals surface area (Å²) in [5.41, 5.74) is 4.38. The highest BCUT2D eigenvalue weighted by Gasteiger charge is 2.11. The zero-order valence-electron chi connectivity index (χ0n) is 13.3. The molecule has 2 heterocycles. The average molecular weight is 295 g/mol. The van der Waals surface area contributed by atoms with Crippen molar-refractivity contribution in [3.8, 4) is 5.69 Å². The highest BCUT2D eigenvalue weighted by Crippen LogP contribution is 2.22. The monoisotopic (exact) mass is 295 g/mol. The number of benzene rings is 1. The number of rotatable bonds is 5. The van der Waals surface area contributed by atoms with Crippen LogP contribution in [0.5, 0.6) is 0 Å². The number of anilines is 1. The summed E-state index contributed by atoms with van der Waals surface area (Å²) in [6.07, 6.45) is 5.70. The number of unbranched alkanes of at least 4 members (excludes halogenated alkanes) is 1. The zero-order chi connectivity index (χ0) is 15.5. The van der Waals surface area contributed by atoms with E-state index >= 15 is 0 Å². The highest BCUT2D eigenvalue weighted by atomic mass is 15.3. The van der Waals surface area contributed by atoms with E-state index in [9.17, 15) is 0 Å². The number of aryl methyl sites for hydroxylation is 2. The van der Waals surface area contributed by atoms with Crippen molar-refractivity contribution in [3.05, 3.63) is 41.9 Å². The molecule has 0 radical (unpaired) electrons. The van der Waals surface area contributed by atoms with Gasteiger partial charge in [-0.1, -0.05) is 19.4 Å². The van der Waals surface area contributed by atoms with Crippen LogP contribution in [0.15, 0.2) is 30.7 Å². The molecular weight excluding hydrogens is 274 g/mol. The summed E-state index contributed by atoms with van der Waals surface area (Å²) >= 11 is 0. The van der Waals surface area contributed by atoms with Crippen molar-refractivity contribution in [2.45, 2.75) is 33.6 Å². The molecule has 3 aromatic rings. The maximum Gasteiger partial charge on any atom is 0.168 e. The lowest BCUT2D eigenvalue weighted by Gasteiger charge is -2.07. The van der Waals surface area contributed by atoms with Gasteiger partial charge >= 0.3 is 0 Å². The van der Waals surface area contributed by atoms with E-state index in [0.29, 0.717) is 0 Å². The summed E-state index contributed by atoms with van der Waals surface area (Å²) in [6.45, 7) is 7.31. The molecule has 3 rings (SSSR count). The van der Waals surface area contributed by atoms with Crippen LogP contribution < -0.4 is 5.32 Å². The van der Waals surface area contributed by atoms with Gasteiger partial charge in [-0.3, -0.25) is 0 Å². The van der Waals surface area contributed by atoms with E-state index in [-0.39, 0.29) is 0 Å². The number of nitrogens with one attached hydrogen (secondary N) is 1. The van der Waals surface area contributed by atoms with Gasteiger partial charge in [0.2, 0.25) is 0 Å². The Hall–Kier alpha value is -2.43. The van der Waals surface area contributed by atoms with Crippen molar-refractivity contribution < 1.29 is 0 Å². The van der Waals surface area contributed by atoms with E-state index in [1.54, 1.807) is 6.33 Å². The van der Waals surface area contributed by atoms with Gasteiger partial charge in [0.1, 0.15) is 12.1 Å². The minimum absolute atomic E-state index is 0.831. The summed E-state index contributed by atoms with van der Waals surface area (Å²) in [7, 11) is 0. The first-order valence-electron chi connectivity index (χ1n) is 7.71. The van der Waals surface area contributed by atoms with E-state index in [1.807, 2.05) is 10.9 Å². The molecule has 22 heavy (non-hydrogen) atoms. The van der Waals surface area contributed by atoms with Gasteiger partial charge < -0.3 is 5.32 Å². The quantitative estimate of drug-likeness (QED) is 0.730. The van der Waals surface area contributed by atoms with Crippen LogP contribution in [0.4, 0.5) is 5.82 Å². The fourth-order valence-electron chi connectivity index (χ4n) is 2.41. The summed E-state index contributed by atoms with van der Waals surface area (Å²) in [5, 5.41) is 8.82. The normalized spacial score (nSPS) is 11.0. The number of nitrogens with zero attached hydrogens (tertiary/aromatic N) is 4. The van der Waals surface area contributed by atoms with E-state index in [2.05, 4.69) is 59.4 Å². The molecule has 1 aromatic carbocycles. The van der Waals surface area contributed by atoms with Gasteiger partial charge in [0.25, 0.3) is 0 Å². The van der Waals surface area contributed by atoms with E-state index in [1.165, 1.54) is 11.1 Å². The van der Waals surface area contributed by atoms with Crippen LogP contribution in [0.25, 0.3) is 16.7 Å². The average Bonchev–Trinajstić information content (AvgIpc) is 2.95. The molecule has 0 atom stereocenters. The molecule has 1 N–H and O–H groups in total. The van der Waals surface area contributed by atoms with E-state index in [0.717, 1.165) is 41.9 Å². The molecule has 0 aliphatic carbocycles. The van der Waals surface area contributed by atoms with Gasteiger partial charge in [0.05, 0.1) is 17.3 Å². The molecule has 2 aromatic heterocycles. The van der Waals surface area contributed by atoms with Crippen molar-refractivity contribution in [1.29, 1.82) is 0 Å². The fourth-order valence-corrected chi connectivity index (χ4v) is 2.41. The van der Waals surface area contributed by atoms with Crippen LogP contribution >= 0.6 is 0 Å². The topological polar surface area (TPSA) is 55.6 Å². The second kappa shape index (κ2) is 6.13. The molecule has 0 aliphatic heterocycles. The first-order chi connectivity index (χ1) is 10.7. The van der Waals surface area contributed by atoms with Gasteiger partial charge in [-0.2, -0.15) is 5.10 Å². The lowest BCUT2D eigenvalue weighted by Crippen LogP contribution is -2.04. The minimum Gasteiger partial charge on any atom is -0.369 e. The maximum absolute atomic E-state index is 4.50. The third-order valence-corrected chi connectivity index (χ3v) is 3.92. The van der Waals surface area contributed by atoms with Crippen LogP contribution in [0.3, 0.4) is 0 Å². The summed E-state index contributed by atoms with van der Waals surface area (Å²) < 4.78 is 1.87. The molecule has 5 heteroatoms. The smallest absolute Gasteiger partial charge is 0.168 e. The molecule has 0 saturated carbocycles. The molecule has 0 amide bonds. The second-order valence-corrected chi connectivity index (χ2v) is 5.56.